The van der Waals surface area contributed by atoms with E-state index < -0.39 is 0 Å². The molecule has 0 fully saturated rings. The van der Waals surface area contributed by atoms with Gasteiger partial charge in [-0.3, -0.25) is 9.59 Å². The highest BCUT2D eigenvalue weighted by molar-refractivity contribution is 6.31. The average Bonchev–Trinajstić information content (AvgIpc) is 2.90. The predicted octanol–water partition coefficient (Wildman–Crippen LogP) is 3.00. The van der Waals surface area contributed by atoms with Gasteiger partial charge >= 0.3 is 0 Å². The number of methoxy groups -OCH3 is 1. The molecule has 2 rings (SSSR count). The number of amides is 1. The van der Waals surface area contributed by atoms with E-state index in [2.05, 4.69) is 5.32 Å². The lowest BCUT2D eigenvalue weighted by Crippen LogP contribution is -2.17. The maximum absolute atomic E-state index is 11.6. The molecule has 2 aromatic rings. The second-order valence-electron chi connectivity index (χ2n) is 3.99. The molecule has 0 saturated carbocycles. The first-order chi connectivity index (χ1) is 9.63. The van der Waals surface area contributed by atoms with E-state index in [0.717, 1.165) is 0 Å². The summed E-state index contributed by atoms with van der Waals surface area (Å²) in [5.41, 5.74) is 1.12. The molecule has 104 valence electrons. The molecule has 1 aromatic heterocycles. The first-order valence-corrected chi connectivity index (χ1v) is 6.15. The third-order valence-electron chi connectivity index (χ3n) is 2.54. The fourth-order valence-corrected chi connectivity index (χ4v) is 1.88. The number of hydrogen-bond acceptors (Lipinski definition) is 4. The Morgan fingerprint density at radius 1 is 1.40 bits per heavy atom. The standard InChI is InChI=1S/C14H12ClNO4/c1-19-8-14(18)16-12-4-2-9(15)6-11(12)13-5-3-10(7-17)20-13/h2-7H,8H2,1H3,(H,16,18). The highest BCUT2D eigenvalue weighted by Crippen LogP contribution is 2.32. The number of furan rings is 1. The molecule has 0 radical (unpaired) electrons. The fraction of sp³-hybridized carbons (Fsp3) is 0.143. The molecule has 1 aromatic carbocycles. The smallest absolute Gasteiger partial charge is 0.250 e. The van der Waals surface area contributed by atoms with Gasteiger partial charge in [-0.1, -0.05) is 11.6 Å². The highest BCUT2D eigenvalue weighted by atomic mass is 35.5. The van der Waals surface area contributed by atoms with Gasteiger partial charge in [0, 0.05) is 17.7 Å². The molecule has 0 atom stereocenters. The number of carbonyl (C=O) groups excluding carboxylic acids is 2. The van der Waals surface area contributed by atoms with Crippen molar-refractivity contribution in [2.24, 2.45) is 0 Å². The number of benzene rings is 1. The molecule has 0 unspecified atom stereocenters. The van der Waals surface area contributed by atoms with Crippen LogP contribution in [-0.4, -0.2) is 25.9 Å². The van der Waals surface area contributed by atoms with Crippen LogP contribution in [0.2, 0.25) is 5.02 Å². The quantitative estimate of drug-likeness (QED) is 0.861. The molecule has 0 spiro atoms. The number of halogens is 1. The Morgan fingerprint density at radius 2 is 2.20 bits per heavy atom. The minimum absolute atomic E-state index is 0.0557. The lowest BCUT2D eigenvalue weighted by atomic mass is 10.1. The topological polar surface area (TPSA) is 68.5 Å². The van der Waals surface area contributed by atoms with Crippen LogP contribution < -0.4 is 5.32 Å². The van der Waals surface area contributed by atoms with Crippen molar-refractivity contribution in [2.45, 2.75) is 0 Å². The predicted molar refractivity (Wildman–Crippen MR) is 75.0 cm³/mol. The minimum atomic E-state index is -0.293. The fourth-order valence-electron chi connectivity index (χ4n) is 1.71. The van der Waals surface area contributed by atoms with Gasteiger partial charge in [-0.15, -0.1) is 0 Å². The minimum Gasteiger partial charge on any atom is -0.453 e. The largest absolute Gasteiger partial charge is 0.453 e. The Bertz CT molecular complexity index is 636. The lowest BCUT2D eigenvalue weighted by Gasteiger charge is -2.09. The average molecular weight is 294 g/mol. The highest BCUT2D eigenvalue weighted by Gasteiger charge is 2.12. The monoisotopic (exact) mass is 293 g/mol. The van der Waals surface area contributed by atoms with Crippen molar-refractivity contribution in [3.63, 3.8) is 0 Å². The van der Waals surface area contributed by atoms with Gasteiger partial charge in [0.05, 0.1) is 5.69 Å². The van der Waals surface area contributed by atoms with Crippen LogP contribution in [0.5, 0.6) is 0 Å². The van der Waals surface area contributed by atoms with Crippen LogP contribution in [0.15, 0.2) is 34.7 Å². The summed E-state index contributed by atoms with van der Waals surface area (Å²) in [6, 6.07) is 8.15. The Hall–Kier alpha value is -2.11. The number of aldehydes is 1. The van der Waals surface area contributed by atoms with Crippen LogP contribution in [0, 0.1) is 0 Å². The van der Waals surface area contributed by atoms with E-state index >= 15 is 0 Å². The zero-order valence-electron chi connectivity index (χ0n) is 10.7. The van der Waals surface area contributed by atoms with Gasteiger partial charge in [-0.05, 0) is 30.3 Å². The molecule has 0 aliphatic rings. The summed E-state index contributed by atoms with van der Waals surface area (Å²) in [4.78, 5) is 22.2. The number of hydrogen-bond donors (Lipinski definition) is 1. The summed E-state index contributed by atoms with van der Waals surface area (Å²) >= 11 is 5.96. The zero-order valence-corrected chi connectivity index (χ0v) is 11.4. The zero-order chi connectivity index (χ0) is 14.5. The van der Waals surface area contributed by atoms with Gasteiger partial charge in [0.25, 0.3) is 0 Å². The van der Waals surface area contributed by atoms with Gasteiger partial charge in [-0.2, -0.15) is 0 Å². The maximum Gasteiger partial charge on any atom is 0.250 e. The lowest BCUT2D eigenvalue weighted by molar-refractivity contribution is -0.119. The number of carbonyl (C=O) groups is 2. The van der Waals surface area contributed by atoms with Crippen LogP contribution in [0.1, 0.15) is 10.6 Å². The van der Waals surface area contributed by atoms with E-state index in [1.807, 2.05) is 0 Å². The van der Waals surface area contributed by atoms with Crippen LogP contribution in [0.25, 0.3) is 11.3 Å². The molecule has 0 aliphatic heterocycles. The van der Waals surface area contributed by atoms with Crippen molar-refractivity contribution in [3.8, 4) is 11.3 Å². The van der Waals surface area contributed by atoms with Crippen molar-refractivity contribution in [3.05, 3.63) is 41.1 Å². The molecule has 1 amide bonds. The van der Waals surface area contributed by atoms with E-state index in [1.165, 1.54) is 7.11 Å². The Balaban J connectivity index is 2.37. The van der Waals surface area contributed by atoms with Gasteiger partial charge in [0.15, 0.2) is 12.0 Å². The van der Waals surface area contributed by atoms with E-state index in [4.69, 9.17) is 20.8 Å². The van der Waals surface area contributed by atoms with Crippen molar-refractivity contribution in [1.29, 1.82) is 0 Å². The first-order valence-electron chi connectivity index (χ1n) is 5.77. The molecular formula is C14H12ClNO4. The summed E-state index contributed by atoms with van der Waals surface area (Å²) in [7, 11) is 1.44. The molecule has 6 heteroatoms. The Kier molecular flexibility index (Phi) is 4.55. The summed E-state index contributed by atoms with van der Waals surface area (Å²) in [5, 5.41) is 3.19. The summed E-state index contributed by atoms with van der Waals surface area (Å²) < 4.78 is 10.1. The second-order valence-corrected chi connectivity index (χ2v) is 4.43. The van der Waals surface area contributed by atoms with Crippen LogP contribution in [0.4, 0.5) is 5.69 Å². The summed E-state index contributed by atoms with van der Waals surface area (Å²) in [5.74, 6) is 0.356. The van der Waals surface area contributed by atoms with Crippen molar-refractivity contribution in [1.82, 2.24) is 0 Å². The van der Waals surface area contributed by atoms with Crippen molar-refractivity contribution >= 4 is 29.5 Å². The van der Waals surface area contributed by atoms with Crippen LogP contribution >= 0.6 is 11.6 Å². The maximum atomic E-state index is 11.6. The summed E-state index contributed by atoms with van der Waals surface area (Å²) in [6.45, 7) is -0.0557. The normalized spacial score (nSPS) is 10.3. The SMILES string of the molecule is COCC(=O)Nc1ccc(Cl)cc1-c1ccc(C=O)o1. The van der Waals surface area contributed by atoms with Gasteiger partial charge in [0.2, 0.25) is 5.91 Å². The molecule has 0 bridgehead atoms. The van der Waals surface area contributed by atoms with Gasteiger partial charge < -0.3 is 14.5 Å². The second kappa shape index (κ2) is 6.36. The molecule has 1 N–H and O–H groups in total. The Labute approximate surface area is 120 Å². The molecule has 0 aliphatic carbocycles. The molecular weight excluding hydrogens is 282 g/mol. The van der Waals surface area contributed by atoms with Crippen molar-refractivity contribution in [2.75, 3.05) is 19.0 Å². The Morgan fingerprint density at radius 3 is 2.85 bits per heavy atom. The van der Waals surface area contributed by atoms with Crippen LogP contribution in [0.3, 0.4) is 0 Å². The van der Waals surface area contributed by atoms with E-state index in [1.54, 1.807) is 30.3 Å². The molecule has 0 saturated heterocycles. The van der Waals surface area contributed by atoms with Crippen LogP contribution in [-0.2, 0) is 9.53 Å². The summed E-state index contributed by atoms with van der Waals surface area (Å²) in [6.07, 6.45) is 0.608. The first kappa shape index (κ1) is 14.3. The third-order valence-corrected chi connectivity index (χ3v) is 2.77. The number of ether oxygens (including phenoxy) is 1. The molecule has 5 nitrogen and oxygen atoms in total. The number of rotatable bonds is 5. The van der Waals surface area contributed by atoms with E-state index in [9.17, 15) is 9.59 Å². The molecule has 20 heavy (non-hydrogen) atoms. The third kappa shape index (κ3) is 3.26. The van der Waals surface area contributed by atoms with Gasteiger partial charge in [-0.25, -0.2) is 0 Å². The number of nitrogens with one attached hydrogen (secondary N) is 1. The van der Waals surface area contributed by atoms with Crippen molar-refractivity contribution < 1.29 is 18.7 Å². The van der Waals surface area contributed by atoms with E-state index in [0.29, 0.717) is 28.3 Å². The number of anilines is 1. The van der Waals surface area contributed by atoms with Gasteiger partial charge in [0.1, 0.15) is 12.4 Å². The molecule has 1 heterocycles. The van der Waals surface area contributed by atoms with E-state index in [-0.39, 0.29) is 18.3 Å².